The zero-order valence-electron chi connectivity index (χ0n) is 52.4. The van der Waals surface area contributed by atoms with Gasteiger partial charge in [0, 0.05) is 16.7 Å². The van der Waals surface area contributed by atoms with Crippen LogP contribution < -0.4 is 28.4 Å². The van der Waals surface area contributed by atoms with Crippen LogP contribution in [0.5, 0.6) is 34.5 Å². The maximum atomic E-state index is 9.16. The van der Waals surface area contributed by atoms with Crippen molar-refractivity contribution in [2.24, 2.45) is 0 Å². The highest BCUT2D eigenvalue weighted by atomic mass is 16.5. The van der Waals surface area contributed by atoms with Crippen molar-refractivity contribution in [2.75, 3.05) is 39.6 Å². The lowest BCUT2D eigenvalue weighted by molar-refractivity contribution is 0.287. The molecule has 462 valence electrons. The van der Waals surface area contributed by atoms with Crippen molar-refractivity contribution < 1.29 is 28.4 Å². The van der Waals surface area contributed by atoms with Crippen molar-refractivity contribution >= 4 is 36.5 Å². The molecule has 9 aromatic rings. The van der Waals surface area contributed by atoms with Crippen LogP contribution in [0.4, 0.5) is 0 Å². The highest BCUT2D eigenvalue weighted by Gasteiger charge is 2.10. The molecule has 0 aliphatic heterocycles. The van der Waals surface area contributed by atoms with Crippen molar-refractivity contribution in [2.45, 2.75) is 77.0 Å². The fourth-order valence-electron chi connectivity index (χ4n) is 10.4. The van der Waals surface area contributed by atoms with Crippen LogP contribution >= 0.6 is 0 Å². The predicted octanol–water partition coefficient (Wildman–Crippen LogP) is 21.0. The van der Waals surface area contributed by atoms with E-state index in [2.05, 4.69) is 147 Å². The summed E-state index contributed by atoms with van der Waals surface area (Å²) in [6.07, 6.45) is 23.9. The van der Waals surface area contributed by atoms with E-state index in [1.54, 1.807) is 0 Å². The Hall–Kier alpha value is -10.8. The lowest BCUT2D eigenvalue weighted by atomic mass is 10.0. The standard InChI is InChI=1S/C83H79N3O6/c1-3-63-17-35-76(82(57-63)91-55-15-9-6-12-52-88-79-47-41-74(42-48-79)71-31-24-67(61-85)25-32-71)36-20-65-21-38-77(83(59-65)92-56-16-10-7-13-53-89-80-49-43-75(44-50-80)72-33-26-68(62-86)27-34-72)37-19-64-18-28-69(4-2)81(58-64)90-54-14-8-5-11-51-87-78-45-39-73(40-46-78)70-29-22-66(60-84)23-30-70/h3-4,17-50,57-59H,1-2,5-16,51-56H2/b36-20+,37-19+. The van der Waals surface area contributed by atoms with Gasteiger partial charge in [-0.15, -0.1) is 0 Å². The number of hydrogen-bond acceptors (Lipinski definition) is 9. The highest BCUT2D eigenvalue weighted by Crippen LogP contribution is 2.31. The summed E-state index contributed by atoms with van der Waals surface area (Å²) in [6, 6.07) is 72.5. The first-order valence-electron chi connectivity index (χ1n) is 32.0. The van der Waals surface area contributed by atoms with Gasteiger partial charge in [0.15, 0.2) is 0 Å². The summed E-state index contributed by atoms with van der Waals surface area (Å²) in [5.41, 5.74) is 14.3. The Balaban J connectivity index is 0.759. The van der Waals surface area contributed by atoms with Gasteiger partial charge in [-0.1, -0.05) is 159 Å². The Morgan fingerprint density at radius 2 is 0.522 bits per heavy atom. The Morgan fingerprint density at radius 3 is 0.815 bits per heavy atom. The van der Waals surface area contributed by atoms with Crippen molar-refractivity contribution in [3.05, 3.63) is 263 Å². The number of unbranched alkanes of at least 4 members (excludes halogenated alkanes) is 9. The first-order chi connectivity index (χ1) is 45.4. The Labute approximate surface area is 544 Å². The zero-order chi connectivity index (χ0) is 63.8. The molecule has 0 radical (unpaired) electrons. The van der Waals surface area contributed by atoms with Crippen LogP contribution in [0, 0.1) is 34.0 Å². The molecule has 9 nitrogen and oxygen atoms in total. The van der Waals surface area contributed by atoms with E-state index in [1.807, 2.05) is 121 Å². The second-order valence-corrected chi connectivity index (χ2v) is 22.4. The smallest absolute Gasteiger partial charge is 0.127 e. The fourth-order valence-corrected chi connectivity index (χ4v) is 10.4. The Kier molecular flexibility index (Phi) is 25.7. The maximum Gasteiger partial charge on any atom is 0.127 e. The van der Waals surface area contributed by atoms with E-state index in [0.717, 1.165) is 178 Å². The van der Waals surface area contributed by atoms with Gasteiger partial charge >= 0.3 is 0 Å². The van der Waals surface area contributed by atoms with Crippen LogP contribution in [-0.4, -0.2) is 39.6 Å². The van der Waals surface area contributed by atoms with Gasteiger partial charge < -0.3 is 28.4 Å². The molecular weight excluding hydrogens is 1130 g/mol. The molecule has 0 atom stereocenters. The maximum absolute atomic E-state index is 9.16. The summed E-state index contributed by atoms with van der Waals surface area (Å²) in [7, 11) is 0. The zero-order valence-corrected chi connectivity index (χ0v) is 52.4. The number of nitriles is 3. The molecule has 0 saturated carbocycles. The molecule has 92 heavy (non-hydrogen) atoms. The molecule has 0 aliphatic carbocycles. The van der Waals surface area contributed by atoms with Crippen LogP contribution in [0.1, 0.15) is 127 Å². The van der Waals surface area contributed by atoms with E-state index in [1.165, 1.54) is 0 Å². The van der Waals surface area contributed by atoms with Crippen LogP contribution in [0.25, 0.3) is 69.8 Å². The van der Waals surface area contributed by atoms with E-state index in [4.69, 9.17) is 44.2 Å². The third kappa shape index (κ3) is 20.6. The van der Waals surface area contributed by atoms with Crippen molar-refractivity contribution in [1.29, 1.82) is 15.8 Å². The molecule has 0 saturated heterocycles. The minimum absolute atomic E-state index is 0.574. The van der Waals surface area contributed by atoms with Crippen LogP contribution in [-0.2, 0) is 0 Å². The first-order valence-corrected chi connectivity index (χ1v) is 32.0. The van der Waals surface area contributed by atoms with Gasteiger partial charge in [0.05, 0.1) is 74.5 Å². The number of rotatable bonds is 36. The Morgan fingerprint density at radius 1 is 0.261 bits per heavy atom. The molecule has 0 amide bonds. The summed E-state index contributed by atoms with van der Waals surface area (Å²) >= 11 is 0. The monoisotopic (exact) mass is 1210 g/mol. The molecule has 9 aromatic carbocycles. The Bertz CT molecular complexity index is 3980. The van der Waals surface area contributed by atoms with E-state index < -0.39 is 0 Å². The number of ether oxygens (including phenoxy) is 6. The van der Waals surface area contributed by atoms with Crippen molar-refractivity contribution in [1.82, 2.24) is 0 Å². The van der Waals surface area contributed by atoms with Gasteiger partial charge in [-0.25, -0.2) is 0 Å². The second-order valence-electron chi connectivity index (χ2n) is 22.4. The number of benzene rings is 9. The molecule has 0 aliphatic rings. The molecule has 0 heterocycles. The average Bonchev–Trinajstić information content (AvgIpc) is 2.35. The molecule has 0 aromatic heterocycles. The highest BCUT2D eigenvalue weighted by molar-refractivity contribution is 5.78. The van der Waals surface area contributed by atoms with Gasteiger partial charge in [-0.3, -0.25) is 0 Å². The molecular formula is C83H79N3O6. The van der Waals surface area contributed by atoms with E-state index in [-0.39, 0.29) is 0 Å². The summed E-state index contributed by atoms with van der Waals surface area (Å²) in [4.78, 5) is 0. The van der Waals surface area contributed by atoms with Gasteiger partial charge in [0.2, 0.25) is 0 Å². The van der Waals surface area contributed by atoms with Crippen molar-refractivity contribution in [3.8, 4) is 86.1 Å². The lowest BCUT2D eigenvalue weighted by Gasteiger charge is -2.12. The molecule has 0 spiro atoms. The van der Waals surface area contributed by atoms with E-state index >= 15 is 0 Å². The summed E-state index contributed by atoms with van der Waals surface area (Å²) in [5, 5.41) is 27.4. The summed E-state index contributed by atoms with van der Waals surface area (Å²) in [5.74, 6) is 4.97. The minimum Gasteiger partial charge on any atom is -0.494 e. The van der Waals surface area contributed by atoms with Gasteiger partial charge in [-0.2, -0.15) is 15.8 Å². The summed E-state index contributed by atoms with van der Waals surface area (Å²) in [6.45, 7) is 11.8. The summed E-state index contributed by atoms with van der Waals surface area (Å²) < 4.78 is 37.7. The molecule has 0 unspecified atom stereocenters. The van der Waals surface area contributed by atoms with E-state index in [9.17, 15) is 0 Å². The molecule has 9 rings (SSSR count). The first kappa shape index (κ1) is 65.7. The average molecular weight is 1210 g/mol. The SMILES string of the molecule is C=Cc1ccc(/C=C/c2ccc(/C=C/c3ccc(C=C)c(OCCCCCCOc4ccc(-c5ccc(C#N)cc5)cc4)c3)c(OCCCCCCOc3ccc(-c4ccc(C#N)cc4)cc3)c2)c(OCCCCCCOc2ccc(-c3ccc(C#N)cc3)cc2)c1. The van der Waals surface area contributed by atoms with Crippen LogP contribution in [0.3, 0.4) is 0 Å². The third-order valence-electron chi connectivity index (χ3n) is 15.8. The van der Waals surface area contributed by atoms with E-state index in [0.29, 0.717) is 56.3 Å². The quantitative estimate of drug-likeness (QED) is 0.0279. The van der Waals surface area contributed by atoms with Crippen LogP contribution in [0.15, 0.2) is 213 Å². The lowest BCUT2D eigenvalue weighted by Crippen LogP contribution is -2.01. The molecule has 0 bridgehead atoms. The number of nitrogens with zero attached hydrogens (tertiary/aromatic N) is 3. The van der Waals surface area contributed by atoms with Gasteiger partial charge in [0.1, 0.15) is 34.5 Å². The molecule has 0 N–H and O–H groups in total. The fraction of sp³-hybridized carbons (Fsp3) is 0.217. The third-order valence-corrected chi connectivity index (χ3v) is 15.8. The largest absolute Gasteiger partial charge is 0.494 e. The van der Waals surface area contributed by atoms with Gasteiger partial charge in [0.25, 0.3) is 0 Å². The number of hydrogen-bond donors (Lipinski definition) is 0. The molecule has 9 heteroatoms. The topological polar surface area (TPSA) is 127 Å². The van der Waals surface area contributed by atoms with Gasteiger partial charge in [-0.05, 0) is 218 Å². The normalized spacial score (nSPS) is 10.9. The molecule has 0 fully saturated rings. The van der Waals surface area contributed by atoms with Crippen LogP contribution in [0.2, 0.25) is 0 Å². The second kappa shape index (κ2) is 36.0. The minimum atomic E-state index is 0.574. The predicted molar refractivity (Wildman–Crippen MR) is 376 cm³/mol. The van der Waals surface area contributed by atoms with Crippen molar-refractivity contribution in [3.63, 3.8) is 0 Å².